The van der Waals surface area contributed by atoms with E-state index in [4.69, 9.17) is 9.05 Å². The van der Waals surface area contributed by atoms with Crippen molar-refractivity contribution in [1.82, 2.24) is 5.32 Å². The number of carbonyl (C=O) groups is 1. The molecule has 0 radical (unpaired) electrons. The second-order valence-corrected chi connectivity index (χ2v) is 22.8. The molecule has 8 nitrogen and oxygen atoms in total. The van der Waals surface area contributed by atoms with E-state index in [0.29, 0.717) is 17.4 Å². The first-order chi connectivity index (χ1) is 32.5. The molecule has 0 saturated heterocycles. The molecule has 3 unspecified atom stereocenters. The van der Waals surface area contributed by atoms with Crippen LogP contribution in [0.5, 0.6) is 0 Å². The zero-order valence-corrected chi connectivity index (χ0v) is 46.3. The van der Waals surface area contributed by atoms with Crippen molar-refractivity contribution in [2.45, 2.75) is 302 Å². The molecular formula is C58H116N2O6P+. The van der Waals surface area contributed by atoms with Crippen LogP contribution in [-0.2, 0) is 18.4 Å². The van der Waals surface area contributed by atoms with Gasteiger partial charge in [-0.25, -0.2) is 4.57 Å². The predicted octanol–water partition coefficient (Wildman–Crippen LogP) is 17.6. The molecule has 1 amide bonds. The van der Waals surface area contributed by atoms with Crippen LogP contribution in [0.15, 0.2) is 24.3 Å². The van der Waals surface area contributed by atoms with Crippen molar-refractivity contribution in [3.63, 3.8) is 0 Å². The summed E-state index contributed by atoms with van der Waals surface area (Å²) in [7, 11) is 1.58. The molecule has 67 heavy (non-hydrogen) atoms. The zero-order valence-electron chi connectivity index (χ0n) is 45.4. The maximum atomic E-state index is 13.0. The molecule has 0 rings (SSSR count). The molecule has 398 valence electrons. The highest BCUT2D eigenvalue weighted by Gasteiger charge is 2.27. The van der Waals surface area contributed by atoms with E-state index in [9.17, 15) is 19.4 Å². The van der Waals surface area contributed by atoms with Gasteiger partial charge >= 0.3 is 7.82 Å². The molecule has 3 atom stereocenters. The number of quaternary nitrogens is 1. The topological polar surface area (TPSA) is 105 Å². The SMILES string of the molecule is CCCCCCCCCCCCCC/C=C\CCCCCCCCCCCCCCCCCC(=O)NC(COP(=O)(O)OCC[N+](C)(C)C)C(O)/C=C/CCCCCCCCCCCCCC. The smallest absolute Gasteiger partial charge is 0.387 e. The lowest BCUT2D eigenvalue weighted by molar-refractivity contribution is -0.870. The Morgan fingerprint density at radius 2 is 0.806 bits per heavy atom. The highest BCUT2D eigenvalue weighted by molar-refractivity contribution is 7.47. The van der Waals surface area contributed by atoms with Crippen LogP contribution in [0.2, 0.25) is 0 Å². The monoisotopic (exact) mass is 968 g/mol. The predicted molar refractivity (Wildman–Crippen MR) is 291 cm³/mol. The Kier molecular flexibility index (Phi) is 49.2. The van der Waals surface area contributed by atoms with E-state index in [2.05, 4.69) is 31.3 Å². The molecular weight excluding hydrogens is 852 g/mol. The van der Waals surface area contributed by atoms with Crippen LogP contribution in [-0.4, -0.2) is 73.4 Å². The molecule has 0 saturated carbocycles. The fraction of sp³-hybridized carbons (Fsp3) is 0.914. The Bertz CT molecular complexity index is 1140. The summed E-state index contributed by atoms with van der Waals surface area (Å²) in [6, 6.07) is -0.843. The summed E-state index contributed by atoms with van der Waals surface area (Å²) >= 11 is 0. The average molecular weight is 969 g/mol. The normalized spacial score (nSPS) is 14.1. The summed E-state index contributed by atoms with van der Waals surface area (Å²) in [6.07, 6.45) is 62.9. The summed E-state index contributed by atoms with van der Waals surface area (Å²) in [4.78, 5) is 23.3. The lowest BCUT2D eigenvalue weighted by atomic mass is 10.0. The van der Waals surface area contributed by atoms with Gasteiger partial charge in [-0.15, -0.1) is 0 Å². The first-order valence-corrected chi connectivity index (χ1v) is 30.7. The third-order valence-electron chi connectivity index (χ3n) is 13.4. The third-order valence-corrected chi connectivity index (χ3v) is 14.4. The number of allylic oxidation sites excluding steroid dienone is 3. The number of unbranched alkanes of at least 4 members (excludes halogenated alkanes) is 39. The van der Waals surface area contributed by atoms with Crippen LogP contribution >= 0.6 is 7.82 Å². The van der Waals surface area contributed by atoms with E-state index in [1.165, 1.54) is 231 Å². The molecule has 0 aromatic rings. The van der Waals surface area contributed by atoms with Gasteiger partial charge in [0.25, 0.3) is 0 Å². The highest BCUT2D eigenvalue weighted by atomic mass is 31.2. The fourth-order valence-electron chi connectivity index (χ4n) is 8.80. The minimum absolute atomic E-state index is 0.0636. The lowest BCUT2D eigenvalue weighted by Gasteiger charge is -2.25. The number of rotatable bonds is 54. The van der Waals surface area contributed by atoms with Crippen LogP contribution in [0.4, 0.5) is 0 Å². The number of nitrogens with zero attached hydrogens (tertiary/aromatic N) is 1. The van der Waals surface area contributed by atoms with Crippen molar-refractivity contribution in [2.75, 3.05) is 40.9 Å². The second kappa shape index (κ2) is 49.9. The van der Waals surface area contributed by atoms with Crippen molar-refractivity contribution in [3.05, 3.63) is 24.3 Å². The van der Waals surface area contributed by atoms with Gasteiger partial charge in [0.15, 0.2) is 0 Å². The van der Waals surface area contributed by atoms with Gasteiger partial charge < -0.3 is 19.8 Å². The minimum Gasteiger partial charge on any atom is -0.387 e. The Hall–Kier alpha value is -1.02. The highest BCUT2D eigenvalue weighted by Crippen LogP contribution is 2.43. The van der Waals surface area contributed by atoms with Crippen molar-refractivity contribution in [3.8, 4) is 0 Å². The summed E-state index contributed by atoms with van der Waals surface area (Å²) in [6.45, 7) is 4.85. The number of phosphoric acid groups is 1. The van der Waals surface area contributed by atoms with Gasteiger partial charge in [-0.1, -0.05) is 263 Å². The summed E-state index contributed by atoms with van der Waals surface area (Å²) in [5, 5.41) is 13.9. The Balaban J connectivity index is 4.04. The molecule has 0 aliphatic carbocycles. The van der Waals surface area contributed by atoms with Crippen LogP contribution in [0.25, 0.3) is 0 Å². The summed E-state index contributed by atoms with van der Waals surface area (Å²) in [5.41, 5.74) is 0. The molecule has 3 N–H and O–H groups in total. The van der Waals surface area contributed by atoms with E-state index in [-0.39, 0.29) is 19.1 Å². The van der Waals surface area contributed by atoms with Crippen molar-refractivity contribution in [2.24, 2.45) is 0 Å². The Morgan fingerprint density at radius 3 is 1.15 bits per heavy atom. The van der Waals surface area contributed by atoms with Gasteiger partial charge in [-0.05, 0) is 44.9 Å². The van der Waals surface area contributed by atoms with Gasteiger partial charge in [0.2, 0.25) is 5.91 Å². The quantitative estimate of drug-likeness (QED) is 0.0243. The average Bonchev–Trinajstić information content (AvgIpc) is 3.29. The number of aliphatic hydroxyl groups is 1. The molecule has 0 aromatic carbocycles. The van der Waals surface area contributed by atoms with Crippen molar-refractivity contribution >= 4 is 13.7 Å². The number of hydrogen-bond acceptors (Lipinski definition) is 5. The molecule has 0 aliphatic heterocycles. The van der Waals surface area contributed by atoms with Gasteiger partial charge in [0.1, 0.15) is 13.2 Å². The van der Waals surface area contributed by atoms with E-state index in [0.717, 1.165) is 38.5 Å². The van der Waals surface area contributed by atoms with Gasteiger partial charge in [0.05, 0.1) is 39.9 Å². The molecule has 0 spiro atoms. The number of phosphoric ester groups is 1. The molecule has 0 heterocycles. The fourth-order valence-corrected chi connectivity index (χ4v) is 9.54. The standard InChI is InChI=1S/C58H115N2O6P/c1-6-8-10-12-14-16-18-20-22-23-24-25-26-27-28-29-30-31-32-33-34-35-36-37-38-40-42-44-46-48-50-52-58(62)59-56(55-66-67(63,64)65-54-53-60(3,4)5)57(61)51-49-47-45-43-41-39-21-19-17-15-13-11-9-7-2/h27-28,49,51,56-57,61H,6-26,29-48,50,52-55H2,1-5H3,(H-,59,62,63,64)/p+1/b28-27-,51-49+. The van der Waals surface area contributed by atoms with E-state index >= 15 is 0 Å². The van der Waals surface area contributed by atoms with Crippen molar-refractivity contribution in [1.29, 1.82) is 0 Å². The van der Waals surface area contributed by atoms with Gasteiger partial charge in [0, 0.05) is 6.42 Å². The van der Waals surface area contributed by atoms with Crippen molar-refractivity contribution < 1.29 is 32.9 Å². The van der Waals surface area contributed by atoms with Gasteiger partial charge in [-0.2, -0.15) is 0 Å². The second-order valence-electron chi connectivity index (χ2n) is 21.4. The number of aliphatic hydroxyl groups excluding tert-OH is 1. The Labute approximate surface area is 417 Å². The molecule has 0 aliphatic rings. The third kappa shape index (κ3) is 52.6. The molecule has 9 heteroatoms. The number of likely N-dealkylation sites (N-methyl/N-ethyl adjacent to an activating group) is 1. The number of nitrogens with one attached hydrogen (secondary N) is 1. The molecule has 0 aromatic heterocycles. The largest absolute Gasteiger partial charge is 0.472 e. The maximum absolute atomic E-state index is 13.0. The van der Waals surface area contributed by atoms with Gasteiger partial charge in [-0.3, -0.25) is 13.8 Å². The van der Waals surface area contributed by atoms with Crippen LogP contribution in [0.1, 0.15) is 290 Å². The lowest BCUT2D eigenvalue weighted by Crippen LogP contribution is -2.45. The van der Waals surface area contributed by atoms with Crippen LogP contribution in [0, 0.1) is 0 Å². The van der Waals surface area contributed by atoms with E-state index in [1.54, 1.807) is 6.08 Å². The number of carbonyl (C=O) groups excluding carboxylic acids is 1. The van der Waals surface area contributed by atoms with Crippen LogP contribution in [0.3, 0.4) is 0 Å². The molecule has 0 fully saturated rings. The number of amides is 1. The van der Waals surface area contributed by atoms with Crippen LogP contribution < -0.4 is 5.32 Å². The van der Waals surface area contributed by atoms with E-state index in [1.807, 2.05) is 27.2 Å². The molecule has 0 bridgehead atoms. The first kappa shape index (κ1) is 66.0. The van der Waals surface area contributed by atoms with E-state index < -0.39 is 20.0 Å². The summed E-state index contributed by atoms with van der Waals surface area (Å²) < 4.78 is 23.7. The minimum atomic E-state index is -4.34. The zero-order chi connectivity index (χ0) is 49.2. The number of hydrogen-bond donors (Lipinski definition) is 3. The maximum Gasteiger partial charge on any atom is 0.472 e. The summed E-state index contributed by atoms with van der Waals surface area (Å²) in [5.74, 6) is -0.173. The Morgan fingerprint density at radius 1 is 0.493 bits per heavy atom. The first-order valence-electron chi connectivity index (χ1n) is 29.2.